The van der Waals surface area contributed by atoms with Crippen LogP contribution >= 0.6 is 0 Å². The molecule has 1 fully saturated rings. The minimum absolute atomic E-state index is 0.0792. The number of ether oxygens (including phenoxy) is 2. The molecule has 5 heteroatoms. The summed E-state index contributed by atoms with van der Waals surface area (Å²) in [6, 6.07) is 8.16. The third-order valence-electron chi connectivity index (χ3n) is 4.90. The highest BCUT2D eigenvalue weighted by molar-refractivity contribution is 5.73. The highest BCUT2D eigenvalue weighted by Crippen LogP contribution is 2.33. The average molecular weight is 349 g/mol. The predicted molar refractivity (Wildman–Crippen MR) is 97.2 cm³/mol. The van der Waals surface area contributed by atoms with E-state index in [0.29, 0.717) is 39.1 Å². The molecule has 1 heterocycles. The van der Waals surface area contributed by atoms with Crippen LogP contribution in [0, 0.1) is 0 Å². The molecule has 0 aliphatic carbocycles. The Bertz CT molecular complexity index is 529. The Morgan fingerprint density at radius 3 is 2.20 bits per heavy atom. The van der Waals surface area contributed by atoms with E-state index in [0.717, 1.165) is 18.4 Å². The number of aliphatic hydroxyl groups is 1. The molecule has 0 saturated carbocycles. The van der Waals surface area contributed by atoms with Gasteiger partial charge in [0.25, 0.3) is 0 Å². The van der Waals surface area contributed by atoms with Crippen molar-refractivity contribution in [3.05, 3.63) is 35.4 Å². The van der Waals surface area contributed by atoms with Crippen molar-refractivity contribution in [1.29, 1.82) is 0 Å². The lowest BCUT2D eigenvalue weighted by molar-refractivity contribution is -0.139. The van der Waals surface area contributed by atoms with E-state index in [1.54, 1.807) is 11.8 Å². The Kier molecular flexibility index (Phi) is 7.41. The SMILES string of the molecule is CCOC(CCc1ccc(C2(O)CCN(C(C)=O)CC2)cc1)OCC. The fourth-order valence-electron chi connectivity index (χ4n) is 3.33. The smallest absolute Gasteiger partial charge is 0.219 e. The molecule has 5 nitrogen and oxygen atoms in total. The molecule has 1 aliphatic heterocycles. The van der Waals surface area contributed by atoms with Gasteiger partial charge < -0.3 is 19.5 Å². The normalized spacial score (nSPS) is 17.1. The number of amides is 1. The van der Waals surface area contributed by atoms with Gasteiger partial charge in [-0.3, -0.25) is 4.79 Å². The third-order valence-corrected chi connectivity index (χ3v) is 4.90. The van der Waals surface area contributed by atoms with E-state index in [4.69, 9.17) is 9.47 Å². The zero-order valence-corrected chi connectivity index (χ0v) is 15.7. The lowest BCUT2D eigenvalue weighted by atomic mass is 9.84. The molecule has 0 bridgehead atoms. The van der Waals surface area contributed by atoms with Crippen molar-refractivity contribution < 1.29 is 19.4 Å². The second-order valence-electron chi connectivity index (χ2n) is 6.61. The van der Waals surface area contributed by atoms with Crippen molar-refractivity contribution in [3.8, 4) is 0 Å². The molecule has 140 valence electrons. The number of likely N-dealkylation sites (tertiary alicyclic amines) is 1. The number of carbonyl (C=O) groups excluding carboxylic acids is 1. The largest absolute Gasteiger partial charge is 0.385 e. The summed E-state index contributed by atoms with van der Waals surface area (Å²) in [7, 11) is 0. The quantitative estimate of drug-likeness (QED) is 0.733. The minimum atomic E-state index is -0.830. The Hall–Kier alpha value is -1.43. The van der Waals surface area contributed by atoms with Gasteiger partial charge >= 0.3 is 0 Å². The van der Waals surface area contributed by atoms with Crippen LogP contribution in [0.2, 0.25) is 0 Å². The van der Waals surface area contributed by atoms with Gasteiger partial charge in [0, 0.05) is 39.6 Å². The van der Waals surface area contributed by atoms with Crippen molar-refractivity contribution in [2.45, 2.75) is 58.3 Å². The van der Waals surface area contributed by atoms with Gasteiger partial charge in [0.1, 0.15) is 0 Å². The van der Waals surface area contributed by atoms with Crippen molar-refractivity contribution in [2.24, 2.45) is 0 Å². The molecule has 1 aromatic rings. The van der Waals surface area contributed by atoms with E-state index in [2.05, 4.69) is 12.1 Å². The summed E-state index contributed by atoms with van der Waals surface area (Å²) < 4.78 is 11.1. The van der Waals surface area contributed by atoms with E-state index in [1.165, 1.54) is 5.56 Å². The number of carbonyl (C=O) groups is 1. The van der Waals surface area contributed by atoms with E-state index >= 15 is 0 Å². The van der Waals surface area contributed by atoms with Gasteiger partial charge in [-0.2, -0.15) is 0 Å². The summed E-state index contributed by atoms with van der Waals surface area (Å²) in [6.45, 7) is 8.03. The van der Waals surface area contributed by atoms with Crippen LogP contribution in [0.4, 0.5) is 0 Å². The average Bonchev–Trinajstić information content (AvgIpc) is 2.61. The summed E-state index contributed by atoms with van der Waals surface area (Å²) in [5.74, 6) is 0.0792. The molecule has 1 aromatic carbocycles. The van der Waals surface area contributed by atoms with Crippen molar-refractivity contribution >= 4 is 5.91 Å². The molecule has 0 aromatic heterocycles. The number of hydrogen-bond donors (Lipinski definition) is 1. The maximum absolute atomic E-state index is 11.4. The molecule has 1 amide bonds. The summed E-state index contributed by atoms with van der Waals surface area (Å²) >= 11 is 0. The first-order chi connectivity index (χ1) is 12.0. The van der Waals surface area contributed by atoms with Crippen LogP contribution in [0.15, 0.2) is 24.3 Å². The van der Waals surface area contributed by atoms with Crippen LogP contribution < -0.4 is 0 Å². The van der Waals surface area contributed by atoms with E-state index < -0.39 is 5.60 Å². The lowest BCUT2D eigenvalue weighted by Crippen LogP contribution is -2.44. The van der Waals surface area contributed by atoms with Crippen molar-refractivity contribution in [1.82, 2.24) is 4.90 Å². The molecule has 2 rings (SSSR count). The predicted octanol–water partition coefficient (Wildman–Crippen LogP) is 2.85. The van der Waals surface area contributed by atoms with E-state index in [9.17, 15) is 9.90 Å². The van der Waals surface area contributed by atoms with Crippen LogP contribution in [-0.4, -0.2) is 48.5 Å². The first-order valence-corrected chi connectivity index (χ1v) is 9.29. The van der Waals surface area contributed by atoms with Gasteiger partial charge in [-0.1, -0.05) is 24.3 Å². The number of piperidine rings is 1. The van der Waals surface area contributed by atoms with Gasteiger partial charge in [-0.25, -0.2) is 0 Å². The zero-order chi connectivity index (χ0) is 18.3. The third kappa shape index (κ3) is 5.53. The topological polar surface area (TPSA) is 59.0 Å². The van der Waals surface area contributed by atoms with E-state index in [1.807, 2.05) is 26.0 Å². The Labute approximate surface area is 150 Å². The lowest BCUT2D eigenvalue weighted by Gasteiger charge is -2.38. The molecule has 1 aliphatic rings. The molecular weight excluding hydrogens is 318 g/mol. The second kappa shape index (κ2) is 9.32. The number of rotatable bonds is 8. The maximum atomic E-state index is 11.4. The summed E-state index contributed by atoms with van der Waals surface area (Å²) in [5.41, 5.74) is 1.31. The molecule has 1 saturated heterocycles. The Balaban J connectivity index is 1.92. The first-order valence-electron chi connectivity index (χ1n) is 9.29. The van der Waals surface area contributed by atoms with Gasteiger partial charge in [0.2, 0.25) is 5.91 Å². The molecule has 1 N–H and O–H groups in total. The summed E-state index contributed by atoms with van der Waals surface area (Å²) in [5, 5.41) is 10.9. The van der Waals surface area contributed by atoms with Crippen LogP contribution in [-0.2, 0) is 26.3 Å². The van der Waals surface area contributed by atoms with Crippen LogP contribution in [0.3, 0.4) is 0 Å². The van der Waals surface area contributed by atoms with Gasteiger partial charge in [-0.05, 0) is 44.2 Å². The highest BCUT2D eigenvalue weighted by Gasteiger charge is 2.34. The molecular formula is C20H31NO4. The number of nitrogens with zero attached hydrogens (tertiary/aromatic N) is 1. The van der Waals surface area contributed by atoms with Crippen LogP contribution in [0.5, 0.6) is 0 Å². The first kappa shape index (κ1) is 19.9. The van der Waals surface area contributed by atoms with Gasteiger partial charge in [0.05, 0.1) is 5.60 Å². The van der Waals surface area contributed by atoms with Crippen molar-refractivity contribution in [2.75, 3.05) is 26.3 Å². The van der Waals surface area contributed by atoms with E-state index in [-0.39, 0.29) is 12.2 Å². The van der Waals surface area contributed by atoms with Crippen LogP contribution in [0.25, 0.3) is 0 Å². The summed E-state index contributed by atoms with van der Waals surface area (Å²) in [6.07, 6.45) is 2.71. The van der Waals surface area contributed by atoms with Gasteiger partial charge in [-0.15, -0.1) is 0 Å². The second-order valence-corrected chi connectivity index (χ2v) is 6.61. The zero-order valence-electron chi connectivity index (χ0n) is 15.7. The Morgan fingerprint density at radius 2 is 1.72 bits per heavy atom. The molecule has 0 spiro atoms. The number of aryl methyl sites for hydroxylation is 1. The molecule has 0 atom stereocenters. The van der Waals surface area contributed by atoms with Crippen LogP contribution in [0.1, 0.15) is 51.2 Å². The summed E-state index contributed by atoms with van der Waals surface area (Å²) in [4.78, 5) is 13.2. The Morgan fingerprint density at radius 1 is 1.16 bits per heavy atom. The fraction of sp³-hybridized carbons (Fsp3) is 0.650. The monoisotopic (exact) mass is 349 g/mol. The fourth-order valence-corrected chi connectivity index (χ4v) is 3.33. The number of hydrogen-bond acceptors (Lipinski definition) is 4. The van der Waals surface area contributed by atoms with Crippen molar-refractivity contribution in [3.63, 3.8) is 0 Å². The highest BCUT2D eigenvalue weighted by atomic mass is 16.7. The molecule has 25 heavy (non-hydrogen) atoms. The molecule has 0 unspecified atom stereocenters. The standard InChI is InChI=1S/C20H31NO4/c1-4-24-19(25-5-2)11-8-17-6-9-18(10-7-17)20(23)12-14-21(15-13-20)16(3)22/h6-7,9-10,19,23H,4-5,8,11-15H2,1-3H3. The minimum Gasteiger partial charge on any atom is -0.385 e. The maximum Gasteiger partial charge on any atom is 0.219 e. The molecule has 0 radical (unpaired) electrons. The number of benzene rings is 1. The van der Waals surface area contributed by atoms with Gasteiger partial charge in [0.15, 0.2) is 6.29 Å².